The molecule has 0 radical (unpaired) electrons. The normalized spacial score (nSPS) is 10.2. The van der Waals surface area contributed by atoms with E-state index in [2.05, 4.69) is 0 Å². The zero-order valence-electron chi connectivity index (χ0n) is 11.8. The number of carbonyl (C=O) groups excluding carboxylic acids is 1. The molecule has 2 aromatic rings. The first kappa shape index (κ1) is 15.2. The van der Waals surface area contributed by atoms with Crippen molar-refractivity contribution in [2.75, 3.05) is 14.2 Å². The fourth-order valence-corrected chi connectivity index (χ4v) is 2.17. The summed E-state index contributed by atoms with van der Waals surface area (Å²) in [7, 11) is 3.26. The van der Waals surface area contributed by atoms with Crippen LogP contribution in [0.15, 0.2) is 42.5 Å². The van der Waals surface area contributed by atoms with E-state index in [4.69, 9.17) is 16.3 Å². The molecule has 1 amide bonds. The molecule has 0 bridgehead atoms. The molecule has 0 aliphatic heterocycles. The van der Waals surface area contributed by atoms with Crippen LogP contribution in [0.3, 0.4) is 0 Å². The Kier molecular flexibility index (Phi) is 4.70. The summed E-state index contributed by atoms with van der Waals surface area (Å²) in [5.74, 6) is 0.360. The second-order valence-corrected chi connectivity index (χ2v) is 5.11. The third-order valence-corrected chi connectivity index (χ3v) is 3.32. The van der Waals surface area contributed by atoms with E-state index in [9.17, 15) is 9.90 Å². The van der Waals surface area contributed by atoms with Gasteiger partial charge in [-0.15, -0.1) is 0 Å². The van der Waals surface area contributed by atoms with Gasteiger partial charge in [0.1, 0.15) is 11.5 Å². The molecule has 110 valence electrons. The van der Waals surface area contributed by atoms with Gasteiger partial charge in [-0.05, 0) is 35.9 Å². The standard InChI is InChI=1S/C16H16ClNO3/c1-18(10-11-4-3-5-13(8-11)21-2)16(20)14-9-12(17)6-7-15(14)19/h3-9,19H,10H2,1-2H3. The van der Waals surface area contributed by atoms with Crippen LogP contribution in [0.1, 0.15) is 15.9 Å². The van der Waals surface area contributed by atoms with E-state index in [1.807, 2.05) is 24.3 Å². The lowest BCUT2D eigenvalue weighted by atomic mass is 10.1. The van der Waals surface area contributed by atoms with Crippen LogP contribution in [0, 0.1) is 0 Å². The monoisotopic (exact) mass is 305 g/mol. The maximum Gasteiger partial charge on any atom is 0.257 e. The zero-order chi connectivity index (χ0) is 15.4. The highest BCUT2D eigenvalue weighted by Gasteiger charge is 2.16. The summed E-state index contributed by atoms with van der Waals surface area (Å²) in [4.78, 5) is 13.9. The van der Waals surface area contributed by atoms with Crippen molar-refractivity contribution in [3.63, 3.8) is 0 Å². The van der Waals surface area contributed by atoms with Crippen molar-refractivity contribution in [3.05, 3.63) is 58.6 Å². The molecule has 0 aromatic heterocycles. The van der Waals surface area contributed by atoms with Gasteiger partial charge in [-0.1, -0.05) is 23.7 Å². The topological polar surface area (TPSA) is 49.8 Å². The number of hydrogen-bond donors (Lipinski definition) is 1. The quantitative estimate of drug-likeness (QED) is 0.942. The molecule has 21 heavy (non-hydrogen) atoms. The Morgan fingerprint density at radius 1 is 1.29 bits per heavy atom. The van der Waals surface area contributed by atoms with Crippen LogP contribution in [0.4, 0.5) is 0 Å². The SMILES string of the molecule is COc1cccc(CN(C)C(=O)c2cc(Cl)ccc2O)c1. The number of amides is 1. The van der Waals surface area contributed by atoms with Gasteiger partial charge in [0, 0.05) is 18.6 Å². The van der Waals surface area contributed by atoms with Gasteiger partial charge in [-0.2, -0.15) is 0 Å². The molecule has 4 nitrogen and oxygen atoms in total. The second kappa shape index (κ2) is 6.50. The van der Waals surface area contributed by atoms with Crippen molar-refractivity contribution >= 4 is 17.5 Å². The number of nitrogens with zero attached hydrogens (tertiary/aromatic N) is 1. The Balaban J connectivity index is 2.17. The molecule has 0 aliphatic rings. The molecule has 2 aromatic carbocycles. The molecule has 0 aliphatic carbocycles. The molecule has 0 fully saturated rings. The molecule has 0 spiro atoms. The summed E-state index contributed by atoms with van der Waals surface area (Å²) in [6.07, 6.45) is 0. The number of rotatable bonds is 4. The fraction of sp³-hybridized carbons (Fsp3) is 0.188. The van der Waals surface area contributed by atoms with Crippen LogP contribution in [0.5, 0.6) is 11.5 Å². The van der Waals surface area contributed by atoms with Crippen molar-refractivity contribution in [1.29, 1.82) is 0 Å². The molecule has 5 heteroatoms. The van der Waals surface area contributed by atoms with Gasteiger partial charge in [-0.25, -0.2) is 0 Å². The van der Waals surface area contributed by atoms with Crippen molar-refractivity contribution in [1.82, 2.24) is 4.90 Å². The first-order valence-corrected chi connectivity index (χ1v) is 6.76. The average molecular weight is 306 g/mol. The largest absolute Gasteiger partial charge is 0.507 e. The van der Waals surface area contributed by atoms with Gasteiger partial charge in [0.05, 0.1) is 12.7 Å². The molecule has 0 saturated carbocycles. The highest BCUT2D eigenvalue weighted by atomic mass is 35.5. The molecule has 0 heterocycles. The second-order valence-electron chi connectivity index (χ2n) is 4.67. The summed E-state index contributed by atoms with van der Waals surface area (Å²) in [6, 6.07) is 11.9. The molecule has 1 N–H and O–H groups in total. The first-order chi connectivity index (χ1) is 10.0. The Morgan fingerprint density at radius 3 is 2.76 bits per heavy atom. The van der Waals surface area contributed by atoms with E-state index < -0.39 is 0 Å². The number of hydrogen-bond acceptors (Lipinski definition) is 3. The molecule has 2 rings (SSSR count). The molecule has 0 atom stereocenters. The van der Waals surface area contributed by atoms with Crippen LogP contribution in [-0.4, -0.2) is 30.1 Å². The predicted octanol–water partition coefficient (Wildman–Crippen LogP) is 3.33. The number of phenols is 1. The highest BCUT2D eigenvalue weighted by Crippen LogP contribution is 2.23. The minimum Gasteiger partial charge on any atom is -0.507 e. The molecular formula is C16H16ClNO3. The van der Waals surface area contributed by atoms with Crippen LogP contribution >= 0.6 is 11.6 Å². The lowest BCUT2D eigenvalue weighted by molar-refractivity contribution is 0.0782. The van der Waals surface area contributed by atoms with Crippen molar-refractivity contribution in [2.45, 2.75) is 6.54 Å². The van der Waals surface area contributed by atoms with Gasteiger partial charge >= 0.3 is 0 Å². The van der Waals surface area contributed by atoms with Crippen LogP contribution in [-0.2, 0) is 6.54 Å². The lowest BCUT2D eigenvalue weighted by Gasteiger charge is -2.18. The Bertz CT molecular complexity index is 658. The average Bonchev–Trinajstić information content (AvgIpc) is 2.49. The summed E-state index contributed by atoms with van der Waals surface area (Å²) in [5.41, 5.74) is 1.12. The maximum absolute atomic E-state index is 12.4. The highest BCUT2D eigenvalue weighted by molar-refractivity contribution is 6.31. The number of benzene rings is 2. The number of aromatic hydroxyl groups is 1. The van der Waals surface area contributed by atoms with E-state index in [1.165, 1.54) is 23.1 Å². The number of phenolic OH excluding ortho intramolecular Hbond substituents is 1. The molecular weight excluding hydrogens is 290 g/mol. The van der Waals surface area contributed by atoms with Crippen molar-refractivity contribution < 1.29 is 14.6 Å². The van der Waals surface area contributed by atoms with Crippen LogP contribution in [0.25, 0.3) is 0 Å². The fourth-order valence-electron chi connectivity index (χ4n) is 2.00. The van der Waals surface area contributed by atoms with E-state index in [-0.39, 0.29) is 17.2 Å². The smallest absolute Gasteiger partial charge is 0.257 e. The minimum absolute atomic E-state index is 0.0816. The van der Waals surface area contributed by atoms with E-state index in [1.54, 1.807) is 14.2 Å². The maximum atomic E-state index is 12.4. The van der Waals surface area contributed by atoms with Gasteiger partial charge < -0.3 is 14.7 Å². The van der Waals surface area contributed by atoms with E-state index >= 15 is 0 Å². The van der Waals surface area contributed by atoms with E-state index in [0.29, 0.717) is 11.6 Å². The first-order valence-electron chi connectivity index (χ1n) is 6.38. The summed E-state index contributed by atoms with van der Waals surface area (Å²) in [6.45, 7) is 0.405. The third-order valence-electron chi connectivity index (χ3n) is 3.09. The molecule has 0 unspecified atom stereocenters. The summed E-state index contributed by atoms with van der Waals surface area (Å²) in [5, 5.41) is 10.2. The lowest BCUT2D eigenvalue weighted by Crippen LogP contribution is -2.26. The number of carbonyl (C=O) groups is 1. The molecule has 0 saturated heterocycles. The number of halogens is 1. The predicted molar refractivity (Wildman–Crippen MR) is 81.9 cm³/mol. The van der Waals surface area contributed by atoms with Crippen molar-refractivity contribution in [2.24, 2.45) is 0 Å². The van der Waals surface area contributed by atoms with Gasteiger partial charge in [0.15, 0.2) is 0 Å². The van der Waals surface area contributed by atoms with Crippen LogP contribution in [0.2, 0.25) is 5.02 Å². The Morgan fingerprint density at radius 2 is 2.05 bits per heavy atom. The number of methoxy groups -OCH3 is 1. The Labute approximate surface area is 128 Å². The van der Waals surface area contributed by atoms with Gasteiger partial charge in [0.2, 0.25) is 0 Å². The summed E-state index contributed by atoms with van der Waals surface area (Å²) < 4.78 is 5.16. The third kappa shape index (κ3) is 3.67. The van der Waals surface area contributed by atoms with Gasteiger partial charge in [0.25, 0.3) is 5.91 Å². The summed E-state index contributed by atoms with van der Waals surface area (Å²) >= 11 is 5.87. The minimum atomic E-state index is -0.294. The zero-order valence-corrected chi connectivity index (χ0v) is 12.6. The van der Waals surface area contributed by atoms with E-state index in [0.717, 1.165) is 11.3 Å². The van der Waals surface area contributed by atoms with Gasteiger partial charge in [-0.3, -0.25) is 4.79 Å². The van der Waals surface area contributed by atoms with Crippen LogP contribution < -0.4 is 4.74 Å². The van der Waals surface area contributed by atoms with Crippen molar-refractivity contribution in [3.8, 4) is 11.5 Å². The Hall–Kier alpha value is -2.20. The number of ether oxygens (including phenoxy) is 1.